The molecule has 0 fully saturated rings. The zero-order valence-corrected chi connectivity index (χ0v) is 11.9. The number of fused-ring (bicyclic) bond motifs is 1. The Morgan fingerprint density at radius 3 is 2.68 bits per heavy atom. The summed E-state index contributed by atoms with van der Waals surface area (Å²) >= 11 is 0. The summed E-state index contributed by atoms with van der Waals surface area (Å²) < 4.78 is 11.2. The van der Waals surface area contributed by atoms with E-state index in [0.717, 1.165) is 10.8 Å². The lowest BCUT2D eigenvalue weighted by molar-refractivity contribution is 0.376. The largest absolute Gasteiger partial charge is 0.493 e. The topological polar surface area (TPSA) is 94.1 Å². The molecule has 0 bridgehead atoms. The molecule has 0 spiro atoms. The lowest BCUT2D eigenvalue weighted by Crippen LogP contribution is -2.10. The van der Waals surface area contributed by atoms with Crippen LogP contribution in [0.25, 0.3) is 10.8 Å². The molecule has 3 rings (SSSR count). The van der Waals surface area contributed by atoms with Crippen LogP contribution in [0.15, 0.2) is 48.9 Å². The smallest absolute Gasteiger partial charge is 0.238 e. The predicted molar refractivity (Wildman–Crippen MR) is 83.6 cm³/mol. The van der Waals surface area contributed by atoms with Gasteiger partial charge in [0, 0.05) is 23.3 Å². The van der Waals surface area contributed by atoms with Gasteiger partial charge in [0.05, 0.1) is 13.3 Å². The fraction of sp³-hybridized carbons (Fsp3) is 0.0625. The monoisotopic (exact) mass is 294 g/mol. The van der Waals surface area contributed by atoms with Crippen LogP contribution in [0, 0.1) is 5.41 Å². The molecule has 0 unspecified atom stereocenters. The highest BCUT2D eigenvalue weighted by molar-refractivity contribution is 6.01. The number of nitrogens with zero attached hydrogens (tertiary/aromatic N) is 2. The Kier molecular flexibility index (Phi) is 3.57. The highest BCUT2D eigenvalue weighted by Gasteiger charge is 2.13. The summed E-state index contributed by atoms with van der Waals surface area (Å²) in [6, 6.07) is 9.22. The molecule has 3 aromatic rings. The second-order valence-corrected chi connectivity index (χ2v) is 4.59. The molecule has 0 aliphatic heterocycles. The van der Waals surface area contributed by atoms with E-state index in [1.807, 2.05) is 18.2 Å². The van der Waals surface area contributed by atoms with E-state index in [4.69, 9.17) is 20.6 Å². The van der Waals surface area contributed by atoms with Gasteiger partial charge in [-0.2, -0.15) is 0 Å². The van der Waals surface area contributed by atoms with Crippen LogP contribution in [0.3, 0.4) is 0 Å². The van der Waals surface area contributed by atoms with Crippen molar-refractivity contribution < 1.29 is 9.47 Å². The van der Waals surface area contributed by atoms with Crippen LogP contribution in [-0.2, 0) is 0 Å². The Morgan fingerprint density at radius 2 is 2.00 bits per heavy atom. The molecule has 0 radical (unpaired) electrons. The maximum atomic E-state index is 7.58. The Balaban J connectivity index is 2.19. The molecule has 1 aromatic heterocycles. The average Bonchev–Trinajstić information content (AvgIpc) is 2.55. The fourth-order valence-corrected chi connectivity index (χ4v) is 2.15. The number of hydrogen-bond acceptors (Lipinski definition) is 5. The van der Waals surface area contributed by atoms with Crippen molar-refractivity contribution in [2.75, 3.05) is 7.11 Å². The van der Waals surface area contributed by atoms with Gasteiger partial charge in [0.15, 0.2) is 11.5 Å². The molecule has 1 heterocycles. The van der Waals surface area contributed by atoms with Crippen molar-refractivity contribution in [2.24, 2.45) is 5.73 Å². The minimum absolute atomic E-state index is 0.00447. The first-order valence-corrected chi connectivity index (χ1v) is 6.58. The molecule has 6 nitrogen and oxygen atoms in total. The molecule has 6 heteroatoms. The van der Waals surface area contributed by atoms with Crippen LogP contribution in [0.1, 0.15) is 5.56 Å². The summed E-state index contributed by atoms with van der Waals surface area (Å²) in [6.07, 6.45) is 4.64. The third-order valence-corrected chi connectivity index (χ3v) is 3.21. The quantitative estimate of drug-likeness (QED) is 0.570. The summed E-state index contributed by atoms with van der Waals surface area (Å²) in [6.45, 7) is 0. The van der Waals surface area contributed by atoms with Gasteiger partial charge in [0.2, 0.25) is 5.88 Å². The third kappa shape index (κ3) is 2.54. The van der Waals surface area contributed by atoms with E-state index >= 15 is 0 Å². The minimum atomic E-state index is -0.00447. The number of ether oxygens (including phenoxy) is 2. The van der Waals surface area contributed by atoms with Gasteiger partial charge in [-0.25, -0.2) is 4.98 Å². The number of rotatable bonds is 4. The summed E-state index contributed by atoms with van der Waals surface area (Å²) in [5.74, 6) is 1.44. The van der Waals surface area contributed by atoms with Crippen LogP contribution in [-0.4, -0.2) is 22.9 Å². The number of hydrogen-bond donors (Lipinski definition) is 2. The van der Waals surface area contributed by atoms with Gasteiger partial charge < -0.3 is 15.2 Å². The van der Waals surface area contributed by atoms with Crippen molar-refractivity contribution in [1.82, 2.24) is 9.97 Å². The van der Waals surface area contributed by atoms with E-state index < -0.39 is 0 Å². The molecule has 3 N–H and O–H groups in total. The molecule has 0 saturated heterocycles. The molecule has 0 aliphatic rings. The second-order valence-electron chi connectivity index (χ2n) is 4.59. The maximum Gasteiger partial charge on any atom is 0.238 e. The number of amidine groups is 1. The van der Waals surface area contributed by atoms with Gasteiger partial charge in [-0.05, 0) is 17.5 Å². The number of benzene rings is 2. The zero-order chi connectivity index (χ0) is 15.5. The van der Waals surface area contributed by atoms with Crippen LogP contribution >= 0.6 is 0 Å². The van der Waals surface area contributed by atoms with Gasteiger partial charge in [0.1, 0.15) is 5.84 Å². The standard InChI is InChI=1S/C16H14N4O2/c1-21-13-5-4-10-2-3-11(16(17)18)8-12(10)15(13)22-14-9-19-6-7-20-14/h2-9H,1H3,(H3,17,18). The van der Waals surface area contributed by atoms with E-state index in [1.165, 1.54) is 6.20 Å². The predicted octanol–water partition coefficient (Wildman–Crippen LogP) is 2.71. The molecule has 22 heavy (non-hydrogen) atoms. The van der Waals surface area contributed by atoms with Crippen molar-refractivity contribution in [3.8, 4) is 17.4 Å². The summed E-state index contributed by atoms with van der Waals surface area (Å²) in [7, 11) is 1.57. The number of nitrogens with two attached hydrogens (primary N) is 1. The fourth-order valence-electron chi connectivity index (χ4n) is 2.15. The van der Waals surface area contributed by atoms with Crippen molar-refractivity contribution in [3.05, 3.63) is 54.5 Å². The van der Waals surface area contributed by atoms with Crippen LogP contribution in [0.4, 0.5) is 0 Å². The number of nitrogens with one attached hydrogen (secondary N) is 1. The molecule has 2 aromatic carbocycles. The molecular formula is C16H14N4O2. The van der Waals surface area contributed by atoms with Crippen molar-refractivity contribution >= 4 is 16.6 Å². The number of methoxy groups -OCH3 is 1. The van der Waals surface area contributed by atoms with E-state index in [1.54, 1.807) is 31.6 Å². The van der Waals surface area contributed by atoms with E-state index in [0.29, 0.717) is 22.9 Å². The van der Waals surface area contributed by atoms with E-state index in [-0.39, 0.29) is 5.84 Å². The highest BCUT2D eigenvalue weighted by Crippen LogP contribution is 2.38. The van der Waals surface area contributed by atoms with Crippen LogP contribution in [0.2, 0.25) is 0 Å². The first-order chi connectivity index (χ1) is 10.7. The molecule has 0 atom stereocenters. The Hall–Kier alpha value is -3.15. The van der Waals surface area contributed by atoms with E-state index in [2.05, 4.69) is 9.97 Å². The van der Waals surface area contributed by atoms with Gasteiger partial charge in [-0.15, -0.1) is 0 Å². The lowest BCUT2D eigenvalue weighted by Gasteiger charge is -2.13. The zero-order valence-electron chi connectivity index (χ0n) is 11.9. The SMILES string of the molecule is COc1ccc2ccc(C(=N)N)cc2c1Oc1cnccn1. The first kappa shape index (κ1) is 13.8. The van der Waals surface area contributed by atoms with Crippen molar-refractivity contribution in [1.29, 1.82) is 5.41 Å². The van der Waals surface area contributed by atoms with Gasteiger partial charge in [0.25, 0.3) is 0 Å². The average molecular weight is 294 g/mol. The molecular weight excluding hydrogens is 280 g/mol. The van der Waals surface area contributed by atoms with Crippen LogP contribution in [0.5, 0.6) is 17.4 Å². The maximum absolute atomic E-state index is 7.58. The second kappa shape index (κ2) is 5.69. The number of nitrogen functional groups attached to an aromatic ring is 1. The lowest BCUT2D eigenvalue weighted by atomic mass is 10.0. The normalized spacial score (nSPS) is 10.4. The Labute approximate surface area is 127 Å². The third-order valence-electron chi connectivity index (χ3n) is 3.21. The van der Waals surface area contributed by atoms with E-state index in [9.17, 15) is 0 Å². The van der Waals surface area contributed by atoms with Gasteiger partial charge in [-0.3, -0.25) is 10.4 Å². The van der Waals surface area contributed by atoms with Crippen molar-refractivity contribution in [3.63, 3.8) is 0 Å². The molecule has 110 valence electrons. The summed E-state index contributed by atoms with van der Waals surface area (Å²) in [5, 5.41) is 9.32. The number of aromatic nitrogens is 2. The minimum Gasteiger partial charge on any atom is -0.493 e. The Morgan fingerprint density at radius 1 is 1.18 bits per heavy atom. The summed E-state index contributed by atoms with van der Waals surface area (Å²) in [5.41, 5.74) is 6.18. The first-order valence-electron chi connectivity index (χ1n) is 6.58. The van der Waals surface area contributed by atoms with Gasteiger partial charge >= 0.3 is 0 Å². The van der Waals surface area contributed by atoms with Gasteiger partial charge in [-0.1, -0.05) is 18.2 Å². The Bertz CT molecular complexity index is 834. The summed E-state index contributed by atoms with van der Waals surface area (Å²) in [4.78, 5) is 8.09. The molecule has 0 aliphatic carbocycles. The highest BCUT2D eigenvalue weighted by atomic mass is 16.5. The molecule has 0 amide bonds. The molecule has 0 saturated carbocycles. The van der Waals surface area contributed by atoms with Crippen molar-refractivity contribution in [2.45, 2.75) is 0 Å². The van der Waals surface area contributed by atoms with Crippen LogP contribution < -0.4 is 15.2 Å².